The zero-order valence-electron chi connectivity index (χ0n) is 19.2. The van der Waals surface area contributed by atoms with Crippen LogP contribution < -0.4 is 0 Å². The van der Waals surface area contributed by atoms with Crippen LogP contribution in [0.2, 0.25) is 0 Å². The Hall–Kier alpha value is -2.67. The van der Waals surface area contributed by atoms with Gasteiger partial charge >= 0.3 is 0 Å². The maximum Gasteiger partial charge on any atom is 0.123 e. The quantitative estimate of drug-likeness (QED) is 0.432. The van der Waals surface area contributed by atoms with Gasteiger partial charge in [-0.2, -0.15) is 0 Å². The highest BCUT2D eigenvalue weighted by atomic mass is 19.1. The molecule has 2 aromatic carbocycles. The van der Waals surface area contributed by atoms with Crippen LogP contribution in [-0.4, -0.2) is 0 Å². The van der Waals surface area contributed by atoms with Crippen LogP contribution in [0.25, 0.3) is 5.57 Å². The molecule has 160 valence electrons. The lowest BCUT2D eigenvalue weighted by Crippen LogP contribution is -2.32. The Kier molecular flexibility index (Phi) is 6.14. The van der Waals surface area contributed by atoms with Crippen LogP contribution in [-0.2, 0) is 11.8 Å². The number of hydrogen-bond donors (Lipinski definition) is 0. The lowest BCUT2D eigenvalue weighted by atomic mass is 9.62. The van der Waals surface area contributed by atoms with Crippen LogP contribution in [0, 0.1) is 5.92 Å². The fraction of sp³-hybridized carbons (Fsp3) is 0.333. The van der Waals surface area contributed by atoms with Gasteiger partial charge in [0, 0.05) is 5.41 Å². The molecule has 0 aromatic heterocycles. The summed E-state index contributed by atoms with van der Waals surface area (Å²) in [5.41, 5.74) is 8.27. The Morgan fingerprint density at radius 3 is 2.55 bits per heavy atom. The molecule has 0 radical (unpaired) electrons. The lowest BCUT2D eigenvalue weighted by Gasteiger charge is -2.41. The highest BCUT2D eigenvalue weighted by Crippen LogP contribution is 2.51. The summed E-state index contributed by atoms with van der Waals surface area (Å²) in [6, 6.07) is 17.2. The fourth-order valence-corrected chi connectivity index (χ4v) is 5.48. The minimum absolute atomic E-state index is 0.0129. The predicted octanol–water partition coefficient (Wildman–Crippen LogP) is 8.50. The molecule has 0 heterocycles. The molecule has 2 aliphatic carbocycles. The van der Waals surface area contributed by atoms with Gasteiger partial charge in [-0.15, -0.1) is 0 Å². The van der Waals surface area contributed by atoms with E-state index in [4.69, 9.17) is 0 Å². The number of hydrogen-bond acceptors (Lipinski definition) is 0. The average molecular weight is 413 g/mol. The van der Waals surface area contributed by atoms with Crippen molar-refractivity contribution in [2.24, 2.45) is 5.92 Å². The normalized spacial score (nSPS) is 20.5. The Labute approximate surface area is 186 Å². The number of fused-ring (bicyclic) bond motifs is 1. The molecule has 0 bridgehead atoms. The van der Waals surface area contributed by atoms with E-state index in [0.717, 1.165) is 31.3 Å². The summed E-state index contributed by atoms with van der Waals surface area (Å²) in [5, 5.41) is 0. The summed E-state index contributed by atoms with van der Waals surface area (Å²) in [5.74, 6) is 0.365. The van der Waals surface area contributed by atoms with Crippen molar-refractivity contribution in [3.8, 4) is 0 Å². The monoisotopic (exact) mass is 412 g/mol. The van der Waals surface area contributed by atoms with Crippen molar-refractivity contribution in [1.29, 1.82) is 0 Å². The number of halogens is 1. The van der Waals surface area contributed by atoms with E-state index >= 15 is 4.39 Å². The third-order valence-electron chi connectivity index (χ3n) is 6.96. The molecule has 0 spiro atoms. The van der Waals surface area contributed by atoms with Crippen molar-refractivity contribution in [1.82, 2.24) is 0 Å². The Morgan fingerprint density at radius 1 is 1.06 bits per heavy atom. The van der Waals surface area contributed by atoms with Crippen molar-refractivity contribution in [3.63, 3.8) is 0 Å². The van der Waals surface area contributed by atoms with Gasteiger partial charge < -0.3 is 0 Å². The maximum absolute atomic E-state index is 15.2. The Balaban J connectivity index is 1.85. The predicted molar refractivity (Wildman–Crippen MR) is 131 cm³/mol. The first-order chi connectivity index (χ1) is 15.0. The van der Waals surface area contributed by atoms with Gasteiger partial charge in [-0.05, 0) is 78.0 Å². The molecule has 4 rings (SSSR count). The van der Waals surface area contributed by atoms with E-state index in [1.54, 1.807) is 0 Å². The van der Waals surface area contributed by atoms with Gasteiger partial charge in [0.05, 0.1) is 0 Å². The summed E-state index contributed by atoms with van der Waals surface area (Å²) in [7, 11) is 0. The molecule has 2 aliphatic rings. The molecule has 0 nitrogen and oxygen atoms in total. The summed E-state index contributed by atoms with van der Waals surface area (Å²) < 4.78 is 15.2. The van der Waals surface area contributed by atoms with Gasteiger partial charge in [0.2, 0.25) is 0 Å². The molecule has 0 saturated carbocycles. The minimum Gasteiger partial charge on any atom is -0.207 e. The van der Waals surface area contributed by atoms with E-state index in [-0.39, 0.29) is 11.2 Å². The van der Waals surface area contributed by atoms with Crippen molar-refractivity contribution >= 4 is 5.57 Å². The highest BCUT2D eigenvalue weighted by molar-refractivity contribution is 5.82. The van der Waals surface area contributed by atoms with Gasteiger partial charge in [-0.3, -0.25) is 0 Å². The lowest BCUT2D eigenvalue weighted by molar-refractivity contribution is 0.476. The van der Waals surface area contributed by atoms with Crippen LogP contribution >= 0.6 is 0 Å². The molecule has 31 heavy (non-hydrogen) atoms. The van der Waals surface area contributed by atoms with Crippen LogP contribution in [0.3, 0.4) is 0 Å². The highest BCUT2D eigenvalue weighted by Gasteiger charge is 2.41. The summed E-state index contributed by atoms with van der Waals surface area (Å²) in [4.78, 5) is 0. The first kappa shape index (κ1) is 21.6. The molecule has 0 saturated heterocycles. The van der Waals surface area contributed by atoms with Crippen molar-refractivity contribution in [3.05, 3.63) is 112 Å². The van der Waals surface area contributed by atoms with Crippen LogP contribution in [0.5, 0.6) is 0 Å². The standard InChI is InChI=1S/C30H33F/c1-5-7-9-13-22-18-19-28(31)29-25(22)20-26-24(16-12-17-27(26)30(29,3)4)23(6-2)21-14-10-8-11-15-21/h6-12,14-17,19,22H,5,13,18,20H2,1-4H3/b9-7?,23-6-. The first-order valence-electron chi connectivity index (χ1n) is 11.6. The summed E-state index contributed by atoms with van der Waals surface area (Å²) in [6.45, 7) is 8.66. The zero-order valence-corrected chi connectivity index (χ0v) is 19.2. The third-order valence-corrected chi connectivity index (χ3v) is 6.96. The van der Waals surface area contributed by atoms with E-state index in [2.05, 4.69) is 94.5 Å². The second-order valence-corrected chi connectivity index (χ2v) is 9.20. The molecular formula is C30H33F. The molecular weight excluding hydrogens is 379 g/mol. The Morgan fingerprint density at radius 2 is 1.84 bits per heavy atom. The molecule has 0 aliphatic heterocycles. The molecule has 1 atom stereocenters. The van der Waals surface area contributed by atoms with E-state index in [1.165, 1.54) is 33.4 Å². The van der Waals surface area contributed by atoms with Crippen LogP contribution in [0.1, 0.15) is 69.2 Å². The third kappa shape index (κ3) is 3.87. The van der Waals surface area contributed by atoms with Gasteiger partial charge in [0.1, 0.15) is 5.83 Å². The van der Waals surface area contributed by atoms with Crippen molar-refractivity contribution in [2.75, 3.05) is 0 Å². The van der Waals surface area contributed by atoms with Crippen molar-refractivity contribution < 1.29 is 4.39 Å². The maximum atomic E-state index is 15.2. The molecule has 2 aromatic rings. The SMILES string of the molecule is C/C=C(/c1ccccc1)c1cccc2c1CC1=C(C(F)=CCC1CC=CCC)C2(C)C. The average Bonchev–Trinajstić information content (AvgIpc) is 2.77. The molecule has 0 amide bonds. The largest absolute Gasteiger partial charge is 0.207 e. The van der Waals surface area contributed by atoms with E-state index in [9.17, 15) is 0 Å². The second kappa shape index (κ2) is 8.83. The topological polar surface area (TPSA) is 0 Å². The number of rotatable bonds is 5. The smallest absolute Gasteiger partial charge is 0.123 e. The van der Waals surface area contributed by atoms with Crippen molar-refractivity contribution in [2.45, 2.75) is 58.8 Å². The summed E-state index contributed by atoms with van der Waals surface area (Å²) in [6.07, 6.45) is 12.2. The van der Waals surface area contributed by atoms with Crippen LogP contribution in [0.15, 0.2) is 89.8 Å². The van der Waals surface area contributed by atoms with E-state index < -0.39 is 0 Å². The van der Waals surface area contributed by atoms with E-state index in [1.807, 2.05) is 6.08 Å². The second-order valence-electron chi connectivity index (χ2n) is 9.20. The van der Waals surface area contributed by atoms with Gasteiger partial charge in [-0.1, -0.05) is 93.1 Å². The molecule has 0 fully saturated rings. The fourth-order valence-electron chi connectivity index (χ4n) is 5.48. The summed E-state index contributed by atoms with van der Waals surface area (Å²) >= 11 is 0. The van der Waals surface area contributed by atoms with Crippen LogP contribution in [0.4, 0.5) is 4.39 Å². The van der Waals surface area contributed by atoms with E-state index in [0.29, 0.717) is 5.92 Å². The number of allylic oxidation sites excluding steroid dienone is 7. The molecule has 1 heteroatoms. The Bertz CT molecular complexity index is 1080. The number of benzene rings is 2. The van der Waals surface area contributed by atoms with Gasteiger partial charge in [0.15, 0.2) is 0 Å². The first-order valence-corrected chi connectivity index (χ1v) is 11.6. The van der Waals surface area contributed by atoms with Gasteiger partial charge in [-0.25, -0.2) is 4.39 Å². The van der Waals surface area contributed by atoms with Gasteiger partial charge in [0.25, 0.3) is 0 Å². The molecule has 1 unspecified atom stereocenters. The molecule has 0 N–H and O–H groups in total. The minimum atomic E-state index is -0.345. The zero-order chi connectivity index (χ0) is 22.0.